The molecule has 2 heterocycles. The summed E-state index contributed by atoms with van der Waals surface area (Å²) in [5, 5.41) is 10.2. The van der Waals surface area contributed by atoms with Gasteiger partial charge < -0.3 is 10.5 Å². The van der Waals surface area contributed by atoms with Crippen molar-refractivity contribution in [1.82, 2.24) is 25.0 Å². The zero-order valence-electron chi connectivity index (χ0n) is 16.3. The van der Waals surface area contributed by atoms with Crippen molar-refractivity contribution in [3.63, 3.8) is 0 Å². The molecule has 1 aliphatic rings. The summed E-state index contributed by atoms with van der Waals surface area (Å²) in [6, 6.07) is 4.35. The maximum absolute atomic E-state index is 12.3. The smallest absolute Gasteiger partial charge is 0.349 e. The number of benzene rings is 1. The third kappa shape index (κ3) is 4.08. The Kier molecular flexibility index (Phi) is 5.59. The predicted octanol–water partition coefficient (Wildman–Crippen LogP) is 2.59. The van der Waals surface area contributed by atoms with Gasteiger partial charge in [-0.05, 0) is 30.4 Å². The lowest BCUT2D eigenvalue weighted by Crippen LogP contribution is -2.33. The molecule has 2 aromatic heterocycles. The predicted molar refractivity (Wildman–Crippen MR) is 116 cm³/mol. The molecule has 1 fully saturated rings. The number of halogens is 2. The van der Waals surface area contributed by atoms with Crippen LogP contribution in [0.15, 0.2) is 32.6 Å². The van der Waals surface area contributed by atoms with E-state index in [0.29, 0.717) is 11.5 Å². The van der Waals surface area contributed by atoms with Gasteiger partial charge in [0.05, 0.1) is 15.7 Å². The zero-order valence-corrected chi connectivity index (χ0v) is 17.8. The third-order valence-electron chi connectivity index (χ3n) is 5.36. The number of nitrogen functional groups attached to an aromatic ring is 1. The van der Waals surface area contributed by atoms with E-state index in [1.54, 1.807) is 6.07 Å². The number of nitrogens with zero attached hydrogens (tertiary/aromatic N) is 3. The van der Waals surface area contributed by atoms with Crippen molar-refractivity contribution in [2.75, 3.05) is 5.73 Å². The highest BCUT2D eigenvalue weighted by atomic mass is 35.5. The summed E-state index contributed by atoms with van der Waals surface area (Å²) in [6.45, 7) is 2.12. The molecule has 0 saturated heterocycles. The molecule has 1 aromatic carbocycles. The number of ether oxygens (including phenoxy) is 1. The molecule has 4 rings (SSSR count). The summed E-state index contributed by atoms with van der Waals surface area (Å²) in [5.74, 6) is 0.346. The Labute approximate surface area is 185 Å². The van der Waals surface area contributed by atoms with Gasteiger partial charge in [0.2, 0.25) is 11.7 Å². The number of hydrogen-bond acceptors (Lipinski definition) is 7. The molecule has 162 valence electrons. The van der Waals surface area contributed by atoms with E-state index < -0.39 is 17.1 Å². The maximum Gasteiger partial charge on any atom is 0.349 e. The monoisotopic (exact) mass is 464 g/mol. The summed E-state index contributed by atoms with van der Waals surface area (Å²) >= 11 is 12.6. The van der Waals surface area contributed by atoms with Crippen molar-refractivity contribution >= 4 is 29.0 Å². The Morgan fingerprint density at radius 1 is 1.13 bits per heavy atom. The van der Waals surface area contributed by atoms with Crippen LogP contribution in [0.2, 0.25) is 10.0 Å². The molecule has 31 heavy (non-hydrogen) atoms. The van der Waals surface area contributed by atoms with Gasteiger partial charge in [-0.15, -0.1) is 10.2 Å². The van der Waals surface area contributed by atoms with Crippen molar-refractivity contribution < 1.29 is 4.74 Å². The first-order valence-corrected chi connectivity index (χ1v) is 10.3. The summed E-state index contributed by atoms with van der Waals surface area (Å²) in [4.78, 5) is 37.8. The van der Waals surface area contributed by atoms with Gasteiger partial charge in [-0.25, -0.2) is 9.89 Å². The highest BCUT2D eigenvalue weighted by Gasteiger charge is 2.28. The van der Waals surface area contributed by atoms with Crippen molar-refractivity contribution in [3.05, 3.63) is 65.0 Å². The van der Waals surface area contributed by atoms with Gasteiger partial charge >= 0.3 is 5.69 Å². The second-order valence-corrected chi connectivity index (χ2v) is 8.22. The van der Waals surface area contributed by atoms with Crippen LogP contribution in [0.4, 0.5) is 5.82 Å². The number of rotatable bonds is 4. The quantitative estimate of drug-likeness (QED) is 0.536. The number of anilines is 1. The van der Waals surface area contributed by atoms with Gasteiger partial charge in [-0.1, -0.05) is 43.0 Å². The van der Waals surface area contributed by atoms with Crippen LogP contribution in [0.25, 0.3) is 5.69 Å². The van der Waals surface area contributed by atoms with Gasteiger partial charge in [-0.2, -0.15) is 4.68 Å². The van der Waals surface area contributed by atoms with E-state index in [9.17, 15) is 14.4 Å². The topological polar surface area (TPSA) is 149 Å². The second-order valence-electron chi connectivity index (χ2n) is 7.40. The molecule has 2 atom stereocenters. The fourth-order valence-electron chi connectivity index (χ4n) is 3.79. The van der Waals surface area contributed by atoms with E-state index in [0.717, 1.165) is 23.9 Å². The van der Waals surface area contributed by atoms with E-state index in [1.807, 2.05) is 4.98 Å². The minimum absolute atomic E-state index is 0.0600. The molecule has 0 spiro atoms. The average molecular weight is 465 g/mol. The lowest BCUT2D eigenvalue weighted by Gasteiger charge is -2.16. The first-order chi connectivity index (χ1) is 14.7. The molecular formula is C19H18Cl2N6O4. The van der Waals surface area contributed by atoms with Crippen LogP contribution in [0.3, 0.4) is 0 Å². The van der Waals surface area contributed by atoms with E-state index in [-0.39, 0.29) is 38.8 Å². The first kappa shape index (κ1) is 21.1. The van der Waals surface area contributed by atoms with Crippen molar-refractivity contribution in [3.8, 4) is 17.3 Å². The van der Waals surface area contributed by atoms with Crippen molar-refractivity contribution in [2.24, 2.45) is 5.92 Å². The number of H-pyrrole nitrogens is 2. The van der Waals surface area contributed by atoms with Crippen LogP contribution in [-0.2, 0) is 0 Å². The van der Waals surface area contributed by atoms with Gasteiger partial charge in [0, 0.05) is 11.6 Å². The maximum atomic E-state index is 12.3. The van der Waals surface area contributed by atoms with Crippen LogP contribution in [0, 0.1) is 5.92 Å². The highest BCUT2D eigenvalue weighted by Crippen LogP contribution is 2.40. The second kappa shape index (κ2) is 8.20. The first-order valence-electron chi connectivity index (χ1n) is 9.50. The summed E-state index contributed by atoms with van der Waals surface area (Å²) in [7, 11) is 0. The zero-order chi connectivity index (χ0) is 22.3. The SMILES string of the molecule is CC1CCCC1c1cc(Oc2c(Cl)cc(-n3nc(N)c(=O)[nH]c3=O)cc2Cl)n[nH]c1=O. The fraction of sp³-hybridized carbons (Fsp3) is 0.316. The Morgan fingerprint density at radius 3 is 2.48 bits per heavy atom. The molecule has 4 N–H and O–H groups in total. The molecule has 3 aromatic rings. The summed E-state index contributed by atoms with van der Waals surface area (Å²) in [5.41, 5.74) is 4.41. The Hall–Kier alpha value is -3.11. The van der Waals surface area contributed by atoms with Gasteiger partial charge in [0.25, 0.3) is 11.1 Å². The fourth-order valence-corrected chi connectivity index (χ4v) is 4.35. The number of aromatic nitrogens is 5. The Balaban J connectivity index is 1.69. The largest absolute Gasteiger partial charge is 0.434 e. The molecular weight excluding hydrogens is 447 g/mol. The van der Waals surface area contributed by atoms with E-state index >= 15 is 0 Å². The van der Waals surface area contributed by atoms with E-state index in [2.05, 4.69) is 22.2 Å². The van der Waals surface area contributed by atoms with Crippen LogP contribution in [0.5, 0.6) is 11.6 Å². The molecule has 1 aliphatic carbocycles. The van der Waals surface area contributed by atoms with Crippen molar-refractivity contribution in [1.29, 1.82) is 0 Å². The van der Waals surface area contributed by atoms with Gasteiger partial charge in [0.15, 0.2) is 5.75 Å². The minimum Gasteiger partial charge on any atom is -0.434 e. The summed E-state index contributed by atoms with van der Waals surface area (Å²) in [6.07, 6.45) is 3.05. The molecule has 12 heteroatoms. The molecule has 0 amide bonds. The third-order valence-corrected chi connectivity index (χ3v) is 5.92. The molecule has 0 bridgehead atoms. The van der Waals surface area contributed by atoms with Gasteiger partial charge in [0.1, 0.15) is 0 Å². The minimum atomic E-state index is -0.808. The number of aromatic amines is 2. The highest BCUT2D eigenvalue weighted by molar-refractivity contribution is 6.37. The van der Waals surface area contributed by atoms with Gasteiger partial charge in [-0.3, -0.25) is 14.6 Å². The number of nitrogens with one attached hydrogen (secondary N) is 2. The van der Waals surface area contributed by atoms with E-state index in [4.69, 9.17) is 33.7 Å². The van der Waals surface area contributed by atoms with Crippen LogP contribution < -0.4 is 27.3 Å². The molecule has 1 saturated carbocycles. The number of nitrogens with two attached hydrogens (primary N) is 1. The lowest BCUT2D eigenvalue weighted by molar-refractivity contribution is 0.448. The molecule has 0 radical (unpaired) electrons. The standard InChI is InChI=1S/C19H18Cl2N6O4/c1-8-3-2-4-10(8)11-7-14(24-25-17(11)28)31-15-12(20)5-9(6-13(15)21)27-19(30)23-18(29)16(22)26-27/h5-8,10H,2-4H2,1H3,(H2,22,26)(H,25,28)(H,23,29,30). The van der Waals surface area contributed by atoms with Crippen LogP contribution >= 0.6 is 23.2 Å². The molecule has 0 aliphatic heterocycles. The number of hydrogen-bond donors (Lipinski definition) is 3. The lowest BCUT2D eigenvalue weighted by atomic mass is 9.91. The average Bonchev–Trinajstić information content (AvgIpc) is 3.14. The Bertz CT molecular complexity index is 1310. The molecule has 10 nitrogen and oxygen atoms in total. The normalized spacial score (nSPS) is 18.3. The Morgan fingerprint density at radius 2 is 1.84 bits per heavy atom. The molecule has 2 unspecified atom stereocenters. The van der Waals surface area contributed by atoms with Crippen LogP contribution in [-0.4, -0.2) is 25.0 Å². The van der Waals surface area contributed by atoms with E-state index in [1.165, 1.54) is 12.1 Å². The summed E-state index contributed by atoms with van der Waals surface area (Å²) < 4.78 is 6.62. The van der Waals surface area contributed by atoms with Crippen LogP contribution in [0.1, 0.15) is 37.7 Å². The van der Waals surface area contributed by atoms with Crippen molar-refractivity contribution in [2.45, 2.75) is 32.1 Å².